The zero-order valence-corrected chi connectivity index (χ0v) is 17.5. The summed E-state index contributed by atoms with van der Waals surface area (Å²) in [7, 11) is 1.52. The van der Waals surface area contributed by atoms with Crippen molar-refractivity contribution in [1.29, 1.82) is 0 Å². The minimum absolute atomic E-state index is 0.145. The molecule has 0 saturated heterocycles. The molecule has 4 aromatic rings. The molecule has 0 N–H and O–H groups in total. The molecule has 0 saturated carbocycles. The minimum Gasteiger partial charge on any atom is -0.497 e. The molecule has 158 valence electrons. The summed E-state index contributed by atoms with van der Waals surface area (Å²) in [5.41, 5.74) is 1.74. The van der Waals surface area contributed by atoms with Crippen LogP contribution in [0.25, 0.3) is 33.0 Å². The maximum atomic E-state index is 15.3. The Morgan fingerprint density at radius 2 is 1.48 bits per heavy atom. The molecule has 0 aliphatic carbocycles. The van der Waals surface area contributed by atoms with Gasteiger partial charge in [-0.05, 0) is 59.2 Å². The Morgan fingerprint density at radius 1 is 0.774 bits per heavy atom. The minimum atomic E-state index is -0.741. The molecule has 4 heteroatoms. The molecule has 0 spiro atoms. The number of ether oxygens (including phenoxy) is 1. The van der Waals surface area contributed by atoms with E-state index in [-0.39, 0.29) is 16.7 Å². The molecule has 1 nitrogen and oxygen atoms in total. The fraction of sp³-hybridized carbons (Fsp3) is 0.185. The predicted molar refractivity (Wildman–Crippen MR) is 120 cm³/mol. The number of halogens is 3. The van der Waals surface area contributed by atoms with Crippen LogP contribution in [0.4, 0.5) is 13.2 Å². The van der Waals surface area contributed by atoms with E-state index in [1.54, 1.807) is 42.5 Å². The third kappa shape index (κ3) is 4.15. The number of hydrogen-bond donors (Lipinski definition) is 0. The van der Waals surface area contributed by atoms with Crippen molar-refractivity contribution in [2.24, 2.45) is 0 Å². The van der Waals surface area contributed by atoms with Crippen molar-refractivity contribution in [3.05, 3.63) is 89.7 Å². The van der Waals surface area contributed by atoms with Crippen molar-refractivity contribution < 1.29 is 17.9 Å². The fourth-order valence-corrected chi connectivity index (χ4v) is 3.86. The van der Waals surface area contributed by atoms with Gasteiger partial charge in [0.25, 0.3) is 0 Å². The summed E-state index contributed by atoms with van der Waals surface area (Å²) in [6, 6.07) is 17.9. The van der Waals surface area contributed by atoms with Gasteiger partial charge in [0.05, 0.1) is 12.7 Å². The van der Waals surface area contributed by atoms with E-state index >= 15 is 4.39 Å². The van der Waals surface area contributed by atoms with Crippen molar-refractivity contribution in [3.63, 3.8) is 0 Å². The van der Waals surface area contributed by atoms with Crippen molar-refractivity contribution in [1.82, 2.24) is 0 Å². The van der Waals surface area contributed by atoms with E-state index in [2.05, 4.69) is 6.92 Å². The van der Waals surface area contributed by atoms with Gasteiger partial charge in [0.15, 0.2) is 0 Å². The number of fused-ring (bicyclic) bond motifs is 1. The number of rotatable bonds is 6. The number of benzene rings is 4. The SMILES string of the molecule is CCCCc1ccc2c(F)c(-c3cc(F)c(-c4ccc(OC)cc4)c(F)c3)ccc2c1. The highest BCUT2D eigenvalue weighted by Gasteiger charge is 2.17. The van der Waals surface area contributed by atoms with Crippen LogP contribution in [-0.2, 0) is 6.42 Å². The molecular weight excluding hydrogens is 397 g/mol. The van der Waals surface area contributed by atoms with Gasteiger partial charge in [-0.1, -0.05) is 55.8 Å². The molecule has 0 bridgehead atoms. The van der Waals surface area contributed by atoms with Crippen molar-refractivity contribution in [2.75, 3.05) is 7.11 Å². The highest BCUT2D eigenvalue weighted by molar-refractivity contribution is 5.89. The zero-order valence-electron chi connectivity index (χ0n) is 17.5. The molecule has 31 heavy (non-hydrogen) atoms. The van der Waals surface area contributed by atoms with E-state index in [9.17, 15) is 8.78 Å². The second kappa shape index (κ2) is 8.84. The molecule has 4 aromatic carbocycles. The quantitative estimate of drug-likeness (QED) is 0.308. The molecule has 0 aromatic heterocycles. The monoisotopic (exact) mass is 420 g/mol. The first kappa shape index (κ1) is 21.0. The van der Waals surface area contributed by atoms with Crippen molar-refractivity contribution >= 4 is 10.8 Å². The van der Waals surface area contributed by atoms with Crippen LogP contribution in [0.3, 0.4) is 0 Å². The summed E-state index contributed by atoms with van der Waals surface area (Å²) in [6.45, 7) is 2.13. The average molecular weight is 420 g/mol. The van der Waals surface area contributed by atoms with E-state index in [0.717, 1.165) is 30.2 Å². The van der Waals surface area contributed by atoms with Gasteiger partial charge in [-0.3, -0.25) is 0 Å². The summed E-state index contributed by atoms with van der Waals surface area (Å²) in [6.07, 6.45) is 3.11. The van der Waals surface area contributed by atoms with Gasteiger partial charge in [0.1, 0.15) is 23.2 Å². The molecule has 4 rings (SSSR count). The highest BCUT2D eigenvalue weighted by Crippen LogP contribution is 2.35. The third-order valence-electron chi connectivity index (χ3n) is 5.57. The Bertz CT molecular complexity index is 1210. The van der Waals surface area contributed by atoms with E-state index < -0.39 is 17.5 Å². The van der Waals surface area contributed by atoms with Gasteiger partial charge < -0.3 is 4.74 Å². The number of aryl methyl sites for hydroxylation is 1. The first-order valence-corrected chi connectivity index (χ1v) is 10.4. The maximum absolute atomic E-state index is 15.3. The highest BCUT2D eigenvalue weighted by atomic mass is 19.1. The molecule has 0 atom stereocenters. The lowest BCUT2D eigenvalue weighted by atomic mass is 9.95. The van der Waals surface area contributed by atoms with Crippen LogP contribution in [-0.4, -0.2) is 7.11 Å². The topological polar surface area (TPSA) is 9.23 Å². The van der Waals surface area contributed by atoms with Crippen LogP contribution >= 0.6 is 0 Å². The predicted octanol–water partition coefficient (Wildman–Crippen LogP) is 7.94. The number of methoxy groups -OCH3 is 1. The standard InChI is InChI=1S/C27H23F3O/c1-3-4-5-17-6-12-22-19(14-17)9-13-23(27(22)30)20-15-24(28)26(25(29)16-20)18-7-10-21(31-2)11-8-18/h6-16H,3-5H2,1-2H3. The van der Waals surface area contributed by atoms with Crippen LogP contribution in [0.1, 0.15) is 25.3 Å². The number of unbranched alkanes of at least 4 members (excludes halogenated alkanes) is 1. The second-order valence-corrected chi connectivity index (χ2v) is 7.63. The summed E-state index contributed by atoms with van der Waals surface area (Å²) >= 11 is 0. The van der Waals surface area contributed by atoms with Gasteiger partial charge in [-0.25, -0.2) is 13.2 Å². The lowest BCUT2D eigenvalue weighted by molar-refractivity contribution is 0.415. The van der Waals surface area contributed by atoms with Gasteiger partial charge >= 0.3 is 0 Å². The molecule has 0 aliphatic rings. The lowest BCUT2D eigenvalue weighted by Crippen LogP contribution is -1.95. The molecule has 0 radical (unpaired) electrons. The molecule has 0 heterocycles. The Labute approximate surface area is 180 Å². The average Bonchev–Trinajstić information content (AvgIpc) is 2.77. The fourth-order valence-electron chi connectivity index (χ4n) is 3.86. The Balaban J connectivity index is 1.74. The molecule has 0 unspecified atom stereocenters. The van der Waals surface area contributed by atoms with E-state index in [0.29, 0.717) is 16.7 Å². The molecule has 0 aliphatic heterocycles. The van der Waals surface area contributed by atoms with E-state index in [1.165, 1.54) is 19.2 Å². The molecule has 0 amide bonds. The van der Waals surface area contributed by atoms with Crippen LogP contribution in [0.2, 0.25) is 0 Å². The van der Waals surface area contributed by atoms with Crippen LogP contribution < -0.4 is 4.74 Å². The van der Waals surface area contributed by atoms with Gasteiger partial charge in [-0.2, -0.15) is 0 Å². The normalized spacial score (nSPS) is 11.1. The Hall–Kier alpha value is -3.27. The summed E-state index contributed by atoms with van der Waals surface area (Å²) in [4.78, 5) is 0. The van der Waals surface area contributed by atoms with Crippen molar-refractivity contribution in [2.45, 2.75) is 26.2 Å². The number of hydrogen-bond acceptors (Lipinski definition) is 1. The zero-order chi connectivity index (χ0) is 22.0. The maximum Gasteiger partial charge on any atom is 0.138 e. The summed E-state index contributed by atoms with van der Waals surface area (Å²) < 4.78 is 50.1. The largest absolute Gasteiger partial charge is 0.497 e. The second-order valence-electron chi connectivity index (χ2n) is 7.63. The van der Waals surface area contributed by atoms with Gasteiger partial charge in [0, 0.05) is 10.9 Å². The van der Waals surface area contributed by atoms with Gasteiger partial charge in [0.2, 0.25) is 0 Å². The van der Waals surface area contributed by atoms with Crippen LogP contribution in [0, 0.1) is 17.5 Å². The first-order chi connectivity index (χ1) is 15.0. The summed E-state index contributed by atoms with van der Waals surface area (Å²) in [5.74, 6) is -1.36. The first-order valence-electron chi connectivity index (χ1n) is 10.4. The smallest absolute Gasteiger partial charge is 0.138 e. The van der Waals surface area contributed by atoms with Gasteiger partial charge in [-0.15, -0.1) is 0 Å². The lowest BCUT2D eigenvalue weighted by Gasteiger charge is -2.12. The molecular formula is C27H23F3O. The summed E-state index contributed by atoms with van der Waals surface area (Å²) in [5, 5.41) is 1.23. The Kier molecular flexibility index (Phi) is 5.99. The van der Waals surface area contributed by atoms with Crippen LogP contribution in [0.5, 0.6) is 5.75 Å². The van der Waals surface area contributed by atoms with Crippen LogP contribution in [0.15, 0.2) is 66.7 Å². The third-order valence-corrected chi connectivity index (χ3v) is 5.57. The van der Waals surface area contributed by atoms with E-state index in [1.807, 2.05) is 12.1 Å². The van der Waals surface area contributed by atoms with Crippen molar-refractivity contribution in [3.8, 4) is 28.0 Å². The Morgan fingerprint density at radius 3 is 2.13 bits per heavy atom. The molecule has 0 fully saturated rings. The van der Waals surface area contributed by atoms with E-state index in [4.69, 9.17) is 4.74 Å².